The first-order valence-corrected chi connectivity index (χ1v) is 6.24. The predicted octanol–water partition coefficient (Wildman–Crippen LogP) is 2.20. The molecule has 2 heterocycles. The van der Waals surface area contributed by atoms with Crippen LogP contribution in [0.25, 0.3) is 11.1 Å². The van der Waals surface area contributed by atoms with Gasteiger partial charge in [-0.25, -0.2) is 9.97 Å². The summed E-state index contributed by atoms with van der Waals surface area (Å²) in [5, 5.41) is 10.9. The Morgan fingerprint density at radius 1 is 1.05 bits per heavy atom. The lowest BCUT2D eigenvalue weighted by Crippen LogP contribution is -1.97. The average Bonchev–Trinajstić information content (AvgIpc) is 2.73. The van der Waals surface area contributed by atoms with Crippen LogP contribution in [0, 0.1) is 11.5 Å². The Bertz CT molecular complexity index is 649. The number of ether oxygens (including phenoxy) is 2. The Balaban J connectivity index is 1.90. The standard InChI is InChI=1S/C14H12N4O2/c15-9-18-14-16-7-11(8-17-14)10-2-3-12-13(6-10)20-5-1-4-19-12/h2-3,6-8H,1,4-5H2,(H,16,17,18). The van der Waals surface area contributed by atoms with E-state index in [2.05, 4.69) is 15.3 Å². The highest BCUT2D eigenvalue weighted by atomic mass is 16.5. The molecule has 0 unspecified atom stereocenters. The Kier molecular flexibility index (Phi) is 3.33. The fourth-order valence-corrected chi connectivity index (χ4v) is 1.93. The molecule has 1 N–H and O–H groups in total. The second-order valence-corrected chi connectivity index (χ2v) is 4.24. The number of aromatic nitrogens is 2. The van der Waals surface area contributed by atoms with Crippen LogP contribution < -0.4 is 14.8 Å². The van der Waals surface area contributed by atoms with E-state index in [0.717, 1.165) is 29.0 Å². The van der Waals surface area contributed by atoms with Gasteiger partial charge in [0.05, 0.1) is 13.2 Å². The zero-order valence-corrected chi connectivity index (χ0v) is 10.7. The third-order valence-corrected chi connectivity index (χ3v) is 2.90. The van der Waals surface area contributed by atoms with Crippen molar-refractivity contribution in [2.45, 2.75) is 6.42 Å². The third-order valence-electron chi connectivity index (χ3n) is 2.90. The number of nitrogens with zero attached hydrogens (tertiary/aromatic N) is 3. The van der Waals surface area contributed by atoms with Gasteiger partial charge in [0.25, 0.3) is 0 Å². The van der Waals surface area contributed by atoms with Gasteiger partial charge < -0.3 is 9.47 Å². The Labute approximate surface area is 116 Å². The number of nitriles is 1. The van der Waals surface area contributed by atoms with E-state index in [-0.39, 0.29) is 5.95 Å². The molecule has 2 aromatic rings. The predicted molar refractivity (Wildman–Crippen MR) is 72.3 cm³/mol. The van der Waals surface area contributed by atoms with Gasteiger partial charge in [0.1, 0.15) is 0 Å². The van der Waals surface area contributed by atoms with Gasteiger partial charge in [-0.3, -0.25) is 5.32 Å². The van der Waals surface area contributed by atoms with Crippen molar-refractivity contribution in [3.63, 3.8) is 0 Å². The highest BCUT2D eigenvalue weighted by molar-refractivity contribution is 5.66. The molecule has 1 aliphatic rings. The molecule has 0 amide bonds. The lowest BCUT2D eigenvalue weighted by Gasteiger charge is -2.09. The summed E-state index contributed by atoms with van der Waals surface area (Å²) in [4.78, 5) is 8.12. The van der Waals surface area contributed by atoms with Crippen molar-refractivity contribution in [3.05, 3.63) is 30.6 Å². The van der Waals surface area contributed by atoms with Crippen LogP contribution in [0.2, 0.25) is 0 Å². The van der Waals surface area contributed by atoms with E-state index >= 15 is 0 Å². The molecule has 0 bridgehead atoms. The van der Waals surface area contributed by atoms with Crippen molar-refractivity contribution in [2.24, 2.45) is 0 Å². The molecule has 6 nitrogen and oxygen atoms in total. The normalized spacial score (nSPS) is 13.2. The molecule has 1 aliphatic heterocycles. The highest BCUT2D eigenvalue weighted by Crippen LogP contribution is 2.33. The highest BCUT2D eigenvalue weighted by Gasteiger charge is 2.11. The second kappa shape index (κ2) is 5.45. The fraction of sp³-hybridized carbons (Fsp3) is 0.214. The number of rotatable bonds is 2. The maximum absolute atomic E-state index is 8.49. The first-order valence-electron chi connectivity index (χ1n) is 6.24. The quantitative estimate of drug-likeness (QED) is 0.664. The van der Waals surface area contributed by atoms with E-state index in [1.54, 1.807) is 18.6 Å². The number of hydrogen-bond acceptors (Lipinski definition) is 6. The van der Waals surface area contributed by atoms with Gasteiger partial charge in [-0.05, 0) is 17.7 Å². The van der Waals surface area contributed by atoms with Gasteiger partial charge in [0.15, 0.2) is 17.7 Å². The van der Waals surface area contributed by atoms with Crippen molar-refractivity contribution in [2.75, 3.05) is 18.5 Å². The van der Waals surface area contributed by atoms with Gasteiger partial charge in [-0.15, -0.1) is 0 Å². The SMILES string of the molecule is N#CNc1ncc(-c2ccc3c(c2)OCCCO3)cn1. The van der Waals surface area contributed by atoms with E-state index in [1.807, 2.05) is 18.2 Å². The van der Waals surface area contributed by atoms with E-state index in [9.17, 15) is 0 Å². The molecular weight excluding hydrogens is 256 g/mol. The minimum absolute atomic E-state index is 0.283. The third kappa shape index (κ3) is 2.47. The van der Waals surface area contributed by atoms with Gasteiger partial charge in [0, 0.05) is 24.4 Å². The average molecular weight is 268 g/mol. The van der Waals surface area contributed by atoms with Crippen LogP contribution in [0.4, 0.5) is 5.95 Å². The van der Waals surface area contributed by atoms with Crippen molar-refractivity contribution in [1.82, 2.24) is 9.97 Å². The molecular formula is C14H12N4O2. The molecule has 0 saturated heterocycles. The number of fused-ring (bicyclic) bond motifs is 1. The van der Waals surface area contributed by atoms with E-state index in [4.69, 9.17) is 14.7 Å². The summed E-state index contributed by atoms with van der Waals surface area (Å²) < 4.78 is 11.2. The van der Waals surface area contributed by atoms with Gasteiger partial charge >= 0.3 is 0 Å². The monoisotopic (exact) mass is 268 g/mol. The number of benzene rings is 1. The van der Waals surface area contributed by atoms with Gasteiger partial charge in [-0.1, -0.05) is 6.07 Å². The lowest BCUT2D eigenvalue weighted by atomic mass is 10.1. The molecule has 6 heteroatoms. The molecule has 1 aromatic carbocycles. The molecule has 1 aromatic heterocycles. The lowest BCUT2D eigenvalue weighted by molar-refractivity contribution is 0.297. The summed E-state index contributed by atoms with van der Waals surface area (Å²) in [5.74, 6) is 1.78. The van der Waals surface area contributed by atoms with E-state index in [0.29, 0.717) is 13.2 Å². The van der Waals surface area contributed by atoms with Crippen molar-refractivity contribution in [1.29, 1.82) is 5.26 Å². The van der Waals surface area contributed by atoms with Crippen LogP contribution in [-0.4, -0.2) is 23.2 Å². The summed E-state index contributed by atoms with van der Waals surface area (Å²) in [6.45, 7) is 1.32. The van der Waals surface area contributed by atoms with Crippen LogP contribution in [0.5, 0.6) is 11.5 Å². The molecule has 0 atom stereocenters. The van der Waals surface area contributed by atoms with Gasteiger partial charge in [-0.2, -0.15) is 5.26 Å². The molecule has 20 heavy (non-hydrogen) atoms. The van der Waals surface area contributed by atoms with Crippen LogP contribution in [0.15, 0.2) is 30.6 Å². The Morgan fingerprint density at radius 2 is 1.80 bits per heavy atom. The Morgan fingerprint density at radius 3 is 2.55 bits per heavy atom. The molecule has 0 radical (unpaired) electrons. The van der Waals surface area contributed by atoms with Crippen LogP contribution >= 0.6 is 0 Å². The molecule has 0 saturated carbocycles. The van der Waals surface area contributed by atoms with E-state index < -0.39 is 0 Å². The Hall–Kier alpha value is -2.81. The molecule has 0 spiro atoms. The molecule has 0 aliphatic carbocycles. The summed E-state index contributed by atoms with van der Waals surface area (Å²) in [6.07, 6.45) is 5.97. The topological polar surface area (TPSA) is 80.1 Å². The van der Waals surface area contributed by atoms with Crippen molar-refractivity contribution in [3.8, 4) is 28.8 Å². The molecule has 3 rings (SSSR count). The van der Waals surface area contributed by atoms with Crippen LogP contribution in [0.1, 0.15) is 6.42 Å². The van der Waals surface area contributed by atoms with E-state index in [1.165, 1.54) is 0 Å². The molecule has 100 valence electrons. The largest absolute Gasteiger partial charge is 0.490 e. The first-order chi connectivity index (χ1) is 9.86. The zero-order chi connectivity index (χ0) is 13.8. The summed E-state index contributed by atoms with van der Waals surface area (Å²) in [5.41, 5.74) is 1.79. The minimum atomic E-state index is 0.283. The smallest absolute Gasteiger partial charge is 0.236 e. The summed E-state index contributed by atoms with van der Waals surface area (Å²) in [6, 6.07) is 5.73. The maximum Gasteiger partial charge on any atom is 0.236 e. The van der Waals surface area contributed by atoms with Crippen LogP contribution in [0.3, 0.4) is 0 Å². The second-order valence-electron chi connectivity index (χ2n) is 4.24. The number of anilines is 1. The first kappa shape index (κ1) is 12.2. The maximum atomic E-state index is 8.49. The van der Waals surface area contributed by atoms with Crippen molar-refractivity contribution < 1.29 is 9.47 Å². The molecule has 0 fully saturated rings. The zero-order valence-electron chi connectivity index (χ0n) is 10.7. The fourth-order valence-electron chi connectivity index (χ4n) is 1.93. The summed E-state index contributed by atoms with van der Waals surface area (Å²) >= 11 is 0. The number of hydrogen-bond donors (Lipinski definition) is 1. The summed E-state index contributed by atoms with van der Waals surface area (Å²) in [7, 11) is 0. The number of nitrogens with one attached hydrogen (secondary N) is 1. The van der Waals surface area contributed by atoms with Crippen molar-refractivity contribution >= 4 is 5.95 Å². The van der Waals surface area contributed by atoms with Crippen LogP contribution in [-0.2, 0) is 0 Å². The van der Waals surface area contributed by atoms with Gasteiger partial charge in [0.2, 0.25) is 5.95 Å². The minimum Gasteiger partial charge on any atom is -0.490 e.